The second-order valence-corrected chi connectivity index (χ2v) is 14.5. The van der Waals surface area contributed by atoms with Gasteiger partial charge < -0.3 is 14.6 Å². The third kappa shape index (κ3) is 7.74. The summed E-state index contributed by atoms with van der Waals surface area (Å²) in [6.07, 6.45) is 3.19. The van der Waals surface area contributed by atoms with Crippen molar-refractivity contribution in [2.45, 2.75) is 143 Å². The number of piperidine rings is 1. The van der Waals surface area contributed by atoms with Crippen molar-refractivity contribution in [3.05, 3.63) is 28.8 Å². The summed E-state index contributed by atoms with van der Waals surface area (Å²) in [6, 6.07) is 3.81. The Morgan fingerprint density at radius 2 is 1.45 bits per heavy atom. The number of benzene rings is 1. The highest BCUT2D eigenvalue weighted by Gasteiger charge is 2.45. The molecule has 1 fully saturated rings. The van der Waals surface area contributed by atoms with E-state index in [-0.39, 0.29) is 40.4 Å². The van der Waals surface area contributed by atoms with Crippen LogP contribution < -0.4 is 0 Å². The summed E-state index contributed by atoms with van der Waals surface area (Å²) in [4.78, 5) is 28.9. The Bertz CT molecular complexity index is 943. The first kappa shape index (κ1) is 32.1. The van der Waals surface area contributed by atoms with Crippen LogP contribution in [0, 0.1) is 5.92 Å². The third-order valence-electron chi connectivity index (χ3n) is 8.14. The van der Waals surface area contributed by atoms with Crippen LogP contribution in [-0.2, 0) is 36.5 Å². The highest BCUT2D eigenvalue weighted by Crippen LogP contribution is 2.40. The molecule has 0 amide bonds. The summed E-state index contributed by atoms with van der Waals surface area (Å²) in [5.41, 5.74) is 1.60. The smallest absolute Gasteiger partial charge is 0.320 e. The van der Waals surface area contributed by atoms with Gasteiger partial charge in [0.25, 0.3) is 0 Å². The van der Waals surface area contributed by atoms with Crippen LogP contribution in [0.5, 0.6) is 5.75 Å². The molecule has 1 saturated heterocycles. The van der Waals surface area contributed by atoms with Gasteiger partial charge in [0.05, 0.1) is 0 Å². The molecule has 0 aliphatic carbocycles. The molecule has 1 aliphatic rings. The third-order valence-corrected chi connectivity index (χ3v) is 8.14. The number of ether oxygens (including phenoxy) is 2. The van der Waals surface area contributed by atoms with Crippen molar-refractivity contribution in [3.8, 4) is 5.75 Å². The van der Waals surface area contributed by atoms with E-state index >= 15 is 0 Å². The van der Waals surface area contributed by atoms with Crippen molar-refractivity contribution in [2.75, 3.05) is 7.05 Å². The first-order valence-corrected chi connectivity index (χ1v) is 14.2. The minimum atomic E-state index is -0.942. The molecule has 38 heavy (non-hydrogen) atoms. The molecule has 0 saturated carbocycles. The number of nitrogens with zero attached hydrogens (tertiary/aromatic N) is 1. The maximum absolute atomic E-state index is 13.3. The van der Waals surface area contributed by atoms with Crippen molar-refractivity contribution in [2.24, 2.45) is 5.92 Å². The van der Waals surface area contributed by atoms with Crippen molar-refractivity contribution in [1.29, 1.82) is 0 Å². The predicted molar refractivity (Wildman–Crippen MR) is 153 cm³/mol. The maximum Gasteiger partial charge on any atom is 0.320 e. The van der Waals surface area contributed by atoms with E-state index in [0.717, 1.165) is 29.5 Å². The van der Waals surface area contributed by atoms with Crippen LogP contribution in [-0.4, -0.2) is 46.2 Å². The molecule has 0 bridgehead atoms. The number of rotatable bonds is 8. The van der Waals surface area contributed by atoms with E-state index in [1.165, 1.54) is 0 Å². The molecule has 1 aromatic carbocycles. The summed E-state index contributed by atoms with van der Waals surface area (Å²) in [5, 5.41) is 11.0. The molecular weight excluding hydrogens is 478 g/mol. The number of carbonyl (C=O) groups excluding carboxylic acids is 2. The fourth-order valence-corrected chi connectivity index (χ4v) is 5.53. The van der Waals surface area contributed by atoms with Gasteiger partial charge in [-0.2, -0.15) is 0 Å². The molecule has 0 spiro atoms. The Morgan fingerprint density at radius 1 is 0.974 bits per heavy atom. The number of hydrogen-bond acceptors (Lipinski definition) is 6. The molecule has 6 heteroatoms. The molecule has 1 aliphatic heterocycles. The summed E-state index contributed by atoms with van der Waals surface area (Å²) >= 11 is 0. The average molecular weight is 532 g/mol. The lowest BCUT2D eigenvalue weighted by atomic mass is 9.78. The zero-order valence-corrected chi connectivity index (χ0v) is 26.1. The first-order chi connectivity index (χ1) is 17.2. The Hall–Kier alpha value is -2.08. The SMILES string of the molecule is CCCCC(C(=O)OCc1cc(C(C)(C)C)c(O)c(C(C)(C)C)c1)C(=O)OC1CC(C)(C)N(C)C(C)(C)C1. The fourth-order valence-electron chi connectivity index (χ4n) is 5.53. The van der Waals surface area contributed by atoms with Gasteiger partial charge in [0, 0.05) is 23.9 Å². The van der Waals surface area contributed by atoms with E-state index in [9.17, 15) is 14.7 Å². The normalized spacial score (nSPS) is 19.2. The molecule has 1 atom stereocenters. The van der Waals surface area contributed by atoms with Gasteiger partial charge in [0.15, 0.2) is 5.92 Å². The van der Waals surface area contributed by atoms with Gasteiger partial charge >= 0.3 is 11.9 Å². The Balaban J connectivity index is 2.23. The minimum absolute atomic E-state index is 0.0372. The van der Waals surface area contributed by atoms with Crippen molar-refractivity contribution < 1.29 is 24.2 Å². The zero-order valence-electron chi connectivity index (χ0n) is 26.1. The van der Waals surface area contributed by atoms with Crippen molar-refractivity contribution >= 4 is 11.9 Å². The molecule has 0 radical (unpaired) electrons. The second-order valence-electron chi connectivity index (χ2n) is 14.5. The topological polar surface area (TPSA) is 76.1 Å². The van der Waals surface area contributed by atoms with E-state index in [2.05, 4.69) is 39.6 Å². The molecule has 2 rings (SSSR count). The minimum Gasteiger partial charge on any atom is -0.507 e. The van der Waals surface area contributed by atoms with Gasteiger partial charge in [0.1, 0.15) is 18.5 Å². The lowest BCUT2D eigenvalue weighted by Crippen LogP contribution is -2.60. The number of esters is 2. The molecule has 1 unspecified atom stereocenters. The number of unbranched alkanes of at least 4 members (excludes halogenated alkanes) is 1. The Kier molecular flexibility index (Phi) is 9.79. The van der Waals surface area contributed by atoms with Crippen LogP contribution in [0.2, 0.25) is 0 Å². The van der Waals surface area contributed by atoms with Crippen LogP contribution in [0.25, 0.3) is 0 Å². The summed E-state index contributed by atoms with van der Waals surface area (Å²) in [7, 11) is 2.11. The number of phenolic OH excluding ortho intramolecular Hbond substituents is 1. The second kappa shape index (κ2) is 11.6. The van der Waals surface area contributed by atoms with Crippen LogP contribution >= 0.6 is 0 Å². The van der Waals surface area contributed by atoms with Gasteiger partial charge in [-0.1, -0.05) is 61.3 Å². The molecule has 1 aromatic rings. The van der Waals surface area contributed by atoms with Crippen LogP contribution in [0.4, 0.5) is 0 Å². The number of aromatic hydroxyl groups is 1. The highest BCUT2D eigenvalue weighted by atomic mass is 16.6. The monoisotopic (exact) mass is 531 g/mol. The Labute approximate surface area is 231 Å². The van der Waals surface area contributed by atoms with Gasteiger partial charge in [0.2, 0.25) is 0 Å². The van der Waals surface area contributed by atoms with Gasteiger partial charge in [-0.25, -0.2) is 0 Å². The van der Waals surface area contributed by atoms with Crippen LogP contribution in [0.1, 0.15) is 125 Å². The molecule has 216 valence electrons. The lowest BCUT2D eigenvalue weighted by Gasteiger charge is -2.53. The van der Waals surface area contributed by atoms with E-state index in [1.807, 2.05) is 60.6 Å². The zero-order chi connectivity index (χ0) is 29.3. The molecule has 1 heterocycles. The van der Waals surface area contributed by atoms with E-state index < -0.39 is 17.9 Å². The predicted octanol–water partition coefficient (Wildman–Crippen LogP) is 7.03. The van der Waals surface area contributed by atoms with Gasteiger partial charge in [-0.3, -0.25) is 14.5 Å². The largest absolute Gasteiger partial charge is 0.507 e. The average Bonchev–Trinajstić information content (AvgIpc) is 2.74. The highest BCUT2D eigenvalue weighted by molar-refractivity contribution is 5.95. The fraction of sp³-hybridized carbons (Fsp3) is 0.750. The molecule has 0 aromatic heterocycles. The number of likely N-dealkylation sites (tertiary alicyclic amines) is 1. The lowest BCUT2D eigenvalue weighted by molar-refractivity contribution is -0.172. The number of phenols is 1. The Morgan fingerprint density at radius 3 is 1.87 bits per heavy atom. The van der Waals surface area contributed by atoms with Crippen molar-refractivity contribution in [3.63, 3.8) is 0 Å². The first-order valence-electron chi connectivity index (χ1n) is 14.2. The number of carbonyl (C=O) groups is 2. The van der Waals surface area contributed by atoms with E-state index in [1.54, 1.807) is 0 Å². The van der Waals surface area contributed by atoms with Crippen molar-refractivity contribution in [1.82, 2.24) is 4.90 Å². The standard InChI is InChI=1S/C32H53NO5/c1-13-14-15-23(28(36)38-22-18-31(8,9)33(12)32(10,11)19-22)27(35)37-20-21-16-24(29(2,3)4)26(34)25(17-21)30(5,6)7/h16-17,22-23,34H,13-15,18-20H2,1-12H3. The molecule has 6 nitrogen and oxygen atoms in total. The molecule has 1 N–H and O–H groups in total. The molecular formula is C32H53NO5. The quantitative estimate of drug-likeness (QED) is 0.287. The summed E-state index contributed by atoms with van der Waals surface area (Å²) < 4.78 is 11.7. The summed E-state index contributed by atoms with van der Waals surface area (Å²) in [5.74, 6) is -1.69. The van der Waals surface area contributed by atoms with Gasteiger partial charge in [-0.15, -0.1) is 0 Å². The summed E-state index contributed by atoms with van der Waals surface area (Å²) in [6.45, 7) is 23.0. The van der Waals surface area contributed by atoms with Crippen LogP contribution in [0.3, 0.4) is 0 Å². The number of hydrogen-bond donors (Lipinski definition) is 1. The maximum atomic E-state index is 13.3. The van der Waals surface area contributed by atoms with E-state index in [0.29, 0.717) is 19.3 Å². The van der Waals surface area contributed by atoms with E-state index in [4.69, 9.17) is 9.47 Å². The van der Waals surface area contributed by atoms with Gasteiger partial charge in [-0.05, 0) is 80.8 Å². The van der Waals surface area contributed by atoms with Crippen LogP contribution in [0.15, 0.2) is 12.1 Å².